The highest BCUT2D eigenvalue weighted by molar-refractivity contribution is 9.10. The minimum Gasteiger partial charge on any atom is -0.308 e. The maximum Gasteiger partial charge on any atom is 0.0824 e. The maximum absolute atomic E-state index is 6.10. The van der Waals surface area contributed by atoms with Crippen molar-refractivity contribution in [1.82, 2.24) is 20.3 Å². The molecule has 0 unspecified atom stereocenters. The summed E-state index contributed by atoms with van der Waals surface area (Å²) in [6.07, 6.45) is 4.31. The van der Waals surface area contributed by atoms with Crippen molar-refractivity contribution in [2.45, 2.75) is 25.4 Å². The number of nitrogens with zero attached hydrogens (tertiary/aromatic N) is 3. The van der Waals surface area contributed by atoms with Gasteiger partial charge in [0.1, 0.15) is 0 Å². The van der Waals surface area contributed by atoms with Crippen LogP contribution in [0, 0.1) is 0 Å². The Labute approximate surface area is 118 Å². The van der Waals surface area contributed by atoms with E-state index in [4.69, 9.17) is 11.6 Å². The number of rotatable bonds is 4. The second-order valence-corrected chi connectivity index (χ2v) is 5.57. The highest BCUT2D eigenvalue weighted by Gasteiger charge is 2.21. The summed E-state index contributed by atoms with van der Waals surface area (Å²) in [5.74, 6) is 0. The molecule has 3 rings (SSSR count). The molecule has 0 amide bonds. The molecule has 94 valence electrons. The van der Waals surface area contributed by atoms with Crippen molar-refractivity contribution < 1.29 is 0 Å². The fourth-order valence-electron chi connectivity index (χ4n) is 1.77. The Morgan fingerprint density at radius 2 is 2.28 bits per heavy atom. The fraction of sp³-hybridized carbons (Fsp3) is 0.333. The van der Waals surface area contributed by atoms with E-state index in [0.29, 0.717) is 11.1 Å². The van der Waals surface area contributed by atoms with Crippen molar-refractivity contribution in [3.05, 3.63) is 39.6 Å². The Morgan fingerprint density at radius 3 is 3.06 bits per heavy atom. The lowest BCUT2D eigenvalue weighted by Gasteiger charge is -2.09. The van der Waals surface area contributed by atoms with Gasteiger partial charge < -0.3 is 5.32 Å². The molecule has 1 aliphatic carbocycles. The number of nitrogens with one attached hydrogen (secondary N) is 1. The zero-order valence-corrected chi connectivity index (χ0v) is 11.9. The first-order valence-electron chi connectivity index (χ1n) is 5.83. The van der Waals surface area contributed by atoms with Crippen LogP contribution in [-0.2, 0) is 6.54 Å². The number of hydrogen-bond acceptors (Lipinski definition) is 3. The number of halogens is 2. The van der Waals surface area contributed by atoms with Crippen LogP contribution in [0.4, 0.5) is 0 Å². The second-order valence-electron chi connectivity index (χ2n) is 4.37. The van der Waals surface area contributed by atoms with Crippen molar-refractivity contribution in [2.24, 2.45) is 0 Å². The van der Waals surface area contributed by atoms with Crippen LogP contribution in [0.1, 0.15) is 18.5 Å². The molecular formula is C12H12BrClN4. The average Bonchev–Trinajstić information content (AvgIpc) is 3.08. The SMILES string of the molecule is Clc1cccc(-n2nncc2CNC2CC2)c1Br. The Kier molecular flexibility index (Phi) is 3.37. The number of aromatic nitrogens is 3. The first-order valence-corrected chi connectivity index (χ1v) is 7.00. The van der Waals surface area contributed by atoms with Crippen molar-refractivity contribution in [3.63, 3.8) is 0 Å². The van der Waals surface area contributed by atoms with E-state index in [9.17, 15) is 0 Å². The van der Waals surface area contributed by atoms with Crippen molar-refractivity contribution in [3.8, 4) is 5.69 Å². The van der Waals surface area contributed by atoms with Crippen LogP contribution in [-0.4, -0.2) is 21.0 Å². The molecule has 0 atom stereocenters. The quantitative estimate of drug-likeness (QED) is 0.939. The molecule has 18 heavy (non-hydrogen) atoms. The Morgan fingerprint density at radius 1 is 1.44 bits per heavy atom. The zero-order valence-electron chi connectivity index (χ0n) is 9.61. The summed E-state index contributed by atoms with van der Waals surface area (Å²) in [5.41, 5.74) is 1.94. The molecule has 0 saturated heterocycles. The molecule has 0 bridgehead atoms. The van der Waals surface area contributed by atoms with Crippen LogP contribution < -0.4 is 5.32 Å². The number of benzene rings is 1. The van der Waals surface area contributed by atoms with Gasteiger partial charge in [-0.15, -0.1) is 5.10 Å². The van der Waals surface area contributed by atoms with Crippen molar-refractivity contribution in [2.75, 3.05) is 0 Å². The van der Waals surface area contributed by atoms with Gasteiger partial charge in [-0.3, -0.25) is 0 Å². The Balaban J connectivity index is 1.90. The summed E-state index contributed by atoms with van der Waals surface area (Å²) in [7, 11) is 0. The van der Waals surface area contributed by atoms with Gasteiger partial charge in [-0.05, 0) is 40.9 Å². The Hall–Kier alpha value is -0.910. The third kappa shape index (κ3) is 2.43. The van der Waals surface area contributed by atoms with E-state index in [1.807, 2.05) is 22.9 Å². The van der Waals surface area contributed by atoms with Gasteiger partial charge in [-0.25, -0.2) is 4.68 Å². The van der Waals surface area contributed by atoms with Gasteiger partial charge in [0.25, 0.3) is 0 Å². The molecule has 1 saturated carbocycles. The van der Waals surface area contributed by atoms with E-state index in [0.717, 1.165) is 22.4 Å². The van der Waals surface area contributed by atoms with Crippen LogP contribution in [0.15, 0.2) is 28.9 Å². The van der Waals surface area contributed by atoms with Gasteiger partial charge >= 0.3 is 0 Å². The van der Waals surface area contributed by atoms with Gasteiger partial charge in [0.2, 0.25) is 0 Å². The van der Waals surface area contributed by atoms with Crippen LogP contribution >= 0.6 is 27.5 Å². The van der Waals surface area contributed by atoms with Gasteiger partial charge in [-0.1, -0.05) is 22.9 Å². The lowest BCUT2D eigenvalue weighted by molar-refractivity contribution is 0.646. The molecular weight excluding hydrogens is 316 g/mol. The van der Waals surface area contributed by atoms with Crippen LogP contribution in [0.5, 0.6) is 0 Å². The predicted molar refractivity (Wildman–Crippen MR) is 73.9 cm³/mol. The minimum atomic E-state index is 0.663. The van der Waals surface area contributed by atoms with Gasteiger partial charge in [0, 0.05) is 12.6 Å². The largest absolute Gasteiger partial charge is 0.308 e. The maximum atomic E-state index is 6.10. The monoisotopic (exact) mass is 326 g/mol. The molecule has 0 spiro atoms. The fourth-order valence-corrected chi connectivity index (χ4v) is 2.37. The van der Waals surface area contributed by atoms with Gasteiger partial charge in [-0.2, -0.15) is 0 Å². The van der Waals surface area contributed by atoms with Crippen LogP contribution in [0.2, 0.25) is 5.02 Å². The molecule has 1 aromatic heterocycles. The first kappa shape index (κ1) is 12.1. The Bertz CT molecular complexity index is 565. The molecule has 6 heteroatoms. The van der Waals surface area contributed by atoms with E-state index in [2.05, 4.69) is 31.6 Å². The summed E-state index contributed by atoms with van der Waals surface area (Å²) in [6, 6.07) is 6.37. The highest BCUT2D eigenvalue weighted by Crippen LogP contribution is 2.29. The summed E-state index contributed by atoms with van der Waals surface area (Å²) in [4.78, 5) is 0. The van der Waals surface area contributed by atoms with E-state index in [1.54, 1.807) is 6.20 Å². The molecule has 0 aliphatic heterocycles. The molecule has 0 radical (unpaired) electrons. The van der Waals surface area contributed by atoms with E-state index >= 15 is 0 Å². The third-order valence-corrected chi connectivity index (χ3v) is 4.31. The third-order valence-electron chi connectivity index (χ3n) is 2.93. The molecule has 1 N–H and O–H groups in total. The average molecular weight is 328 g/mol. The molecule has 1 aromatic carbocycles. The van der Waals surface area contributed by atoms with Gasteiger partial charge in [0.15, 0.2) is 0 Å². The molecule has 1 heterocycles. The molecule has 2 aromatic rings. The highest BCUT2D eigenvalue weighted by atomic mass is 79.9. The lowest BCUT2D eigenvalue weighted by Crippen LogP contribution is -2.18. The second kappa shape index (κ2) is 4.99. The van der Waals surface area contributed by atoms with Crippen molar-refractivity contribution in [1.29, 1.82) is 0 Å². The van der Waals surface area contributed by atoms with Crippen molar-refractivity contribution >= 4 is 27.5 Å². The summed E-state index contributed by atoms with van der Waals surface area (Å²) in [5, 5.41) is 12.2. The van der Waals surface area contributed by atoms with E-state index in [1.165, 1.54) is 12.8 Å². The zero-order chi connectivity index (χ0) is 12.5. The molecule has 1 aliphatic rings. The van der Waals surface area contributed by atoms with Crippen LogP contribution in [0.25, 0.3) is 5.69 Å². The summed E-state index contributed by atoms with van der Waals surface area (Å²) >= 11 is 9.58. The summed E-state index contributed by atoms with van der Waals surface area (Å²) in [6.45, 7) is 0.774. The minimum absolute atomic E-state index is 0.663. The number of hydrogen-bond donors (Lipinski definition) is 1. The lowest BCUT2D eigenvalue weighted by atomic mass is 10.3. The standard InChI is InChI=1S/C12H12BrClN4/c13-12-10(14)2-1-3-11(12)18-9(7-16-17-18)6-15-8-4-5-8/h1-3,7-8,15H,4-6H2. The first-order chi connectivity index (χ1) is 8.75. The molecule has 4 nitrogen and oxygen atoms in total. The summed E-state index contributed by atoms with van der Waals surface area (Å²) < 4.78 is 2.65. The predicted octanol–water partition coefficient (Wildman–Crippen LogP) is 2.94. The van der Waals surface area contributed by atoms with E-state index < -0.39 is 0 Å². The van der Waals surface area contributed by atoms with Crippen LogP contribution in [0.3, 0.4) is 0 Å². The topological polar surface area (TPSA) is 42.7 Å². The molecule has 1 fully saturated rings. The smallest absolute Gasteiger partial charge is 0.0824 e. The van der Waals surface area contributed by atoms with E-state index in [-0.39, 0.29) is 0 Å². The normalized spacial score (nSPS) is 15.0. The van der Waals surface area contributed by atoms with Gasteiger partial charge in [0.05, 0.1) is 27.1 Å².